The highest BCUT2D eigenvalue weighted by Crippen LogP contribution is 2.37. The first kappa shape index (κ1) is 25.1. The lowest BCUT2D eigenvalue weighted by Gasteiger charge is -2.31. The van der Waals surface area contributed by atoms with Crippen molar-refractivity contribution in [3.05, 3.63) is 94.8 Å². The molecule has 0 saturated carbocycles. The number of halogens is 1. The Morgan fingerprint density at radius 1 is 0.946 bits per heavy atom. The summed E-state index contributed by atoms with van der Waals surface area (Å²) in [6.07, 6.45) is 2.68. The minimum absolute atomic E-state index is 0.135. The van der Waals surface area contributed by atoms with E-state index >= 15 is 0 Å². The predicted molar refractivity (Wildman–Crippen MR) is 138 cm³/mol. The van der Waals surface area contributed by atoms with Gasteiger partial charge in [0, 0.05) is 29.9 Å². The molecule has 0 radical (unpaired) electrons. The molecule has 1 fully saturated rings. The SMILES string of the molecule is Cc1ccc2c(c1)C(c1ccc(F)cc1)N(C(=O)c1ccc(S(=O)(=O)N3CCCCC3)cc1)CC(=O)N2. The fourth-order valence-corrected chi connectivity index (χ4v) is 6.53. The van der Waals surface area contributed by atoms with Gasteiger partial charge in [-0.1, -0.05) is 36.2 Å². The summed E-state index contributed by atoms with van der Waals surface area (Å²) >= 11 is 0. The molecule has 0 aliphatic carbocycles. The second-order valence-electron chi connectivity index (χ2n) is 9.52. The molecule has 1 unspecified atom stereocenters. The first-order valence-electron chi connectivity index (χ1n) is 12.3. The van der Waals surface area contributed by atoms with Crippen LogP contribution in [0.25, 0.3) is 0 Å². The molecule has 37 heavy (non-hydrogen) atoms. The Kier molecular flexibility index (Phi) is 6.83. The van der Waals surface area contributed by atoms with Crippen LogP contribution in [0.5, 0.6) is 0 Å². The van der Waals surface area contributed by atoms with Gasteiger partial charge >= 0.3 is 0 Å². The molecule has 3 aromatic rings. The number of amides is 2. The molecule has 7 nitrogen and oxygen atoms in total. The number of rotatable bonds is 4. The lowest BCUT2D eigenvalue weighted by Crippen LogP contribution is -2.39. The molecule has 5 rings (SSSR count). The van der Waals surface area contributed by atoms with Crippen molar-refractivity contribution in [2.75, 3.05) is 25.0 Å². The Balaban J connectivity index is 1.53. The number of anilines is 1. The topological polar surface area (TPSA) is 86.8 Å². The van der Waals surface area contributed by atoms with Gasteiger partial charge in [-0.05, 0) is 67.8 Å². The van der Waals surface area contributed by atoms with Crippen LogP contribution in [0.1, 0.15) is 52.4 Å². The minimum atomic E-state index is -3.64. The summed E-state index contributed by atoms with van der Waals surface area (Å²) in [7, 11) is -3.64. The smallest absolute Gasteiger partial charge is 0.255 e. The van der Waals surface area contributed by atoms with Crippen LogP contribution in [-0.2, 0) is 14.8 Å². The van der Waals surface area contributed by atoms with Crippen molar-refractivity contribution >= 4 is 27.5 Å². The summed E-state index contributed by atoms with van der Waals surface area (Å²) in [4.78, 5) is 28.2. The Hall–Kier alpha value is -3.56. The number of fused-ring (bicyclic) bond motifs is 1. The number of carbonyl (C=O) groups is 2. The van der Waals surface area contributed by atoms with Crippen molar-refractivity contribution < 1.29 is 22.4 Å². The molecule has 1 saturated heterocycles. The van der Waals surface area contributed by atoms with Gasteiger partial charge in [0.2, 0.25) is 15.9 Å². The van der Waals surface area contributed by atoms with Crippen LogP contribution >= 0.6 is 0 Å². The Labute approximate surface area is 216 Å². The predicted octanol–water partition coefficient (Wildman–Crippen LogP) is 4.49. The van der Waals surface area contributed by atoms with E-state index in [1.807, 2.05) is 19.1 Å². The largest absolute Gasteiger partial charge is 0.324 e. The van der Waals surface area contributed by atoms with Gasteiger partial charge in [-0.3, -0.25) is 9.59 Å². The number of nitrogens with zero attached hydrogens (tertiary/aromatic N) is 2. The summed E-state index contributed by atoms with van der Waals surface area (Å²) < 4.78 is 41.3. The van der Waals surface area contributed by atoms with Crippen LogP contribution in [0.2, 0.25) is 0 Å². The summed E-state index contributed by atoms with van der Waals surface area (Å²) in [5.41, 5.74) is 3.16. The van der Waals surface area contributed by atoms with Gasteiger partial charge in [-0.2, -0.15) is 4.31 Å². The van der Waals surface area contributed by atoms with Gasteiger partial charge in [0.15, 0.2) is 0 Å². The maximum Gasteiger partial charge on any atom is 0.255 e. The molecule has 0 bridgehead atoms. The first-order valence-corrected chi connectivity index (χ1v) is 13.7. The molecule has 2 aliphatic heterocycles. The van der Waals surface area contributed by atoms with Gasteiger partial charge < -0.3 is 10.2 Å². The molecule has 0 spiro atoms. The standard InChI is InChI=1S/C28H28FN3O4S/c1-19-5-14-25-24(17-19)27(20-6-10-22(29)11-7-20)32(18-26(33)30-25)28(34)21-8-12-23(13-9-21)37(35,36)31-15-3-2-4-16-31/h5-14,17,27H,2-4,15-16,18H2,1H3,(H,30,33). The summed E-state index contributed by atoms with van der Waals surface area (Å²) in [5, 5.41) is 2.87. The average molecular weight is 522 g/mol. The third-order valence-corrected chi connectivity index (χ3v) is 8.81. The third-order valence-electron chi connectivity index (χ3n) is 6.90. The minimum Gasteiger partial charge on any atom is -0.324 e. The molecule has 2 aliphatic rings. The van der Waals surface area contributed by atoms with Gasteiger partial charge in [-0.15, -0.1) is 0 Å². The zero-order chi connectivity index (χ0) is 26.2. The Morgan fingerprint density at radius 2 is 1.62 bits per heavy atom. The molecule has 2 heterocycles. The van der Waals surface area contributed by atoms with E-state index in [9.17, 15) is 22.4 Å². The molecule has 2 amide bonds. The number of carbonyl (C=O) groups excluding carboxylic acids is 2. The van der Waals surface area contributed by atoms with E-state index in [4.69, 9.17) is 0 Å². The number of piperidine rings is 1. The molecule has 1 atom stereocenters. The van der Waals surface area contributed by atoms with Gasteiger partial charge in [0.1, 0.15) is 12.4 Å². The highest BCUT2D eigenvalue weighted by molar-refractivity contribution is 7.89. The molecule has 3 aromatic carbocycles. The van der Waals surface area contributed by atoms with Crippen molar-refractivity contribution in [3.8, 4) is 0 Å². The van der Waals surface area contributed by atoms with E-state index in [2.05, 4.69) is 5.32 Å². The second kappa shape index (κ2) is 10.1. The lowest BCUT2D eigenvalue weighted by atomic mass is 9.94. The van der Waals surface area contributed by atoms with Crippen LogP contribution in [0.3, 0.4) is 0 Å². The number of nitrogens with one attached hydrogen (secondary N) is 1. The number of benzene rings is 3. The van der Waals surface area contributed by atoms with E-state index in [-0.39, 0.29) is 22.9 Å². The van der Waals surface area contributed by atoms with E-state index in [1.165, 1.54) is 45.6 Å². The number of aryl methyl sites for hydroxylation is 1. The van der Waals surface area contributed by atoms with Crippen LogP contribution < -0.4 is 5.32 Å². The van der Waals surface area contributed by atoms with Crippen molar-refractivity contribution in [1.29, 1.82) is 0 Å². The molecular weight excluding hydrogens is 493 g/mol. The lowest BCUT2D eigenvalue weighted by molar-refractivity contribution is -0.117. The van der Waals surface area contributed by atoms with Crippen LogP contribution in [0.15, 0.2) is 71.6 Å². The van der Waals surface area contributed by atoms with E-state index in [1.54, 1.807) is 18.2 Å². The van der Waals surface area contributed by atoms with Crippen molar-refractivity contribution in [3.63, 3.8) is 0 Å². The van der Waals surface area contributed by atoms with Crippen LogP contribution in [-0.4, -0.2) is 49.1 Å². The summed E-state index contributed by atoms with van der Waals surface area (Å²) in [6, 6.07) is 16.7. The van der Waals surface area contributed by atoms with Crippen LogP contribution in [0, 0.1) is 12.7 Å². The fraction of sp³-hybridized carbons (Fsp3) is 0.286. The van der Waals surface area contributed by atoms with Crippen molar-refractivity contribution in [2.24, 2.45) is 0 Å². The summed E-state index contributed by atoms with van der Waals surface area (Å²) in [6.45, 7) is 2.68. The number of sulfonamides is 1. The fourth-order valence-electron chi connectivity index (χ4n) is 5.01. The van der Waals surface area contributed by atoms with Crippen molar-refractivity contribution in [2.45, 2.75) is 37.1 Å². The first-order chi connectivity index (χ1) is 17.7. The Morgan fingerprint density at radius 3 is 2.30 bits per heavy atom. The molecule has 192 valence electrons. The quantitative estimate of drug-likeness (QED) is 0.548. The second-order valence-corrected chi connectivity index (χ2v) is 11.5. The maximum atomic E-state index is 13.8. The van der Waals surface area contributed by atoms with E-state index < -0.39 is 27.8 Å². The highest BCUT2D eigenvalue weighted by Gasteiger charge is 2.34. The van der Waals surface area contributed by atoms with Gasteiger partial charge in [0.05, 0.1) is 10.9 Å². The normalized spacial score (nSPS) is 18.6. The van der Waals surface area contributed by atoms with Gasteiger partial charge in [-0.25, -0.2) is 12.8 Å². The maximum absolute atomic E-state index is 13.8. The van der Waals surface area contributed by atoms with E-state index in [0.29, 0.717) is 24.3 Å². The third kappa shape index (κ3) is 5.01. The zero-order valence-electron chi connectivity index (χ0n) is 20.5. The number of hydrogen-bond acceptors (Lipinski definition) is 4. The van der Waals surface area contributed by atoms with Crippen LogP contribution in [0.4, 0.5) is 10.1 Å². The van der Waals surface area contributed by atoms with Gasteiger partial charge in [0.25, 0.3) is 5.91 Å². The number of hydrogen-bond donors (Lipinski definition) is 1. The zero-order valence-corrected chi connectivity index (χ0v) is 21.3. The average Bonchev–Trinajstić information content (AvgIpc) is 3.05. The van der Waals surface area contributed by atoms with E-state index in [0.717, 1.165) is 30.4 Å². The summed E-state index contributed by atoms with van der Waals surface area (Å²) in [5.74, 6) is -1.19. The molecular formula is C28H28FN3O4S. The highest BCUT2D eigenvalue weighted by atomic mass is 32.2. The monoisotopic (exact) mass is 521 g/mol. The molecule has 0 aromatic heterocycles. The Bertz CT molecular complexity index is 1430. The van der Waals surface area contributed by atoms with Crippen molar-refractivity contribution in [1.82, 2.24) is 9.21 Å². The molecule has 9 heteroatoms. The molecule has 1 N–H and O–H groups in total.